The summed E-state index contributed by atoms with van der Waals surface area (Å²) in [6.07, 6.45) is 6.89. The fraction of sp³-hybridized carbons (Fsp3) is 0.0714. The molecule has 2 aliphatic rings. The summed E-state index contributed by atoms with van der Waals surface area (Å²) in [5.41, 5.74) is 1.93. The Balaban J connectivity index is 1.94. The van der Waals surface area contributed by atoms with Crippen LogP contribution in [0, 0.1) is 0 Å². The van der Waals surface area contributed by atoms with Crippen molar-refractivity contribution >= 4 is 21.7 Å². The van der Waals surface area contributed by atoms with Gasteiger partial charge in [-0.3, -0.25) is 4.79 Å². The van der Waals surface area contributed by atoms with Gasteiger partial charge in [0.15, 0.2) is 5.78 Å². The van der Waals surface area contributed by atoms with E-state index < -0.39 is 0 Å². The molecule has 0 bridgehead atoms. The quantitative estimate of drug-likeness (QED) is 0.791. The molecule has 1 unspecified atom stereocenters. The molecule has 1 aliphatic carbocycles. The summed E-state index contributed by atoms with van der Waals surface area (Å²) >= 11 is 3.43. The maximum absolute atomic E-state index is 11.2. The Morgan fingerprint density at radius 1 is 1.24 bits per heavy atom. The van der Waals surface area contributed by atoms with Crippen LogP contribution in [0.25, 0.3) is 0 Å². The molecule has 1 aliphatic heterocycles. The van der Waals surface area contributed by atoms with Crippen molar-refractivity contribution in [3.05, 3.63) is 69.9 Å². The first kappa shape index (κ1) is 10.5. The average molecular weight is 289 g/mol. The minimum Gasteiger partial charge on any atom is -0.481 e. The average Bonchev–Trinajstić information content (AvgIpc) is 2.68. The molecule has 0 aromatic heterocycles. The first-order valence-electron chi connectivity index (χ1n) is 5.30. The zero-order chi connectivity index (χ0) is 11.8. The number of allylic oxidation sites excluding steroid dienone is 3. The summed E-state index contributed by atoms with van der Waals surface area (Å²) in [6, 6.07) is 7.96. The smallest absolute Gasteiger partial charge is 0.183 e. The Labute approximate surface area is 107 Å². The van der Waals surface area contributed by atoms with Crippen molar-refractivity contribution in [1.82, 2.24) is 0 Å². The fourth-order valence-corrected chi connectivity index (χ4v) is 2.36. The van der Waals surface area contributed by atoms with Gasteiger partial charge in [-0.1, -0.05) is 34.1 Å². The molecule has 0 amide bonds. The van der Waals surface area contributed by atoms with Crippen molar-refractivity contribution in [2.45, 2.75) is 6.10 Å². The second kappa shape index (κ2) is 4.00. The first-order chi connectivity index (χ1) is 8.22. The number of carbonyl (C=O) groups is 1. The molecule has 3 heteroatoms. The molecule has 0 radical (unpaired) electrons. The number of rotatable bonds is 1. The molecular formula is C14H9BrO2. The number of ketones is 1. The van der Waals surface area contributed by atoms with Gasteiger partial charge < -0.3 is 4.74 Å². The van der Waals surface area contributed by atoms with Gasteiger partial charge in [0.05, 0.1) is 0 Å². The molecule has 0 saturated heterocycles. The van der Waals surface area contributed by atoms with Crippen LogP contribution < -0.4 is 0 Å². The zero-order valence-electron chi connectivity index (χ0n) is 8.89. The lowest BCUT2D eigenvalue weighted by molar-refractivity contribution is -0.110. The molecular weight excluding hydrogens is 280 g/mol. The highest BCUT2D eigenvalue weighted by Gasteiger charge is 2.23. The van der Waals surface area contributed by atoms with Crippen LogP contribution in [0.15, 0.2) is 64.4 Å². The highest BCUT2D eigenvalue weighted by molar-refractivity contribution is 9.10. The standard InChI is InChI=1S/C14H9BrO2/c15-11-3-1-2-9(6-11)13-5-4-10-7-12(16)8-14(10)17-13/h1-8,13H. The van der Waals surface area contributed by atoms with Crippen LogP contribution in [0.4, 0.5) is 0 Å². The van der Waals surface area contributed by atoms with Crippen LogP contribution in [0.3, 0.4) is 0 Å². The van der Waals surface area contributed by atoms with E-state index >= 15 is 0 Å². The summed E-state index contributed by atoms with van der Waals surface area (Å²) in [7, 11) is 0. The van der Waals surface area contributed by atoms with E-state index in [1.54, 1.807) is 6.08 Å². The lowest BCUT2D eigenvalue weighted by atomic mass is 10.1. The van der Waals surface area contributed by atoms with Crippen molar-refractivity contribution < 1.29 is 9.53 Å². The third-order valence-corrected chi connectivity index (χ3v) is 3.23. The van der Waals surface area contributed by atoms with Gasteiger partial charge in [0.25, 0.3) is 0 Å². The molecule has 17 heavy (non-hydrogen) atoms. The molecule has 0 saturated carbocycles. The molecule has 1 aromatic rings. The van der Waals surface area contributed by atoms with Crippen LogP contribution in [-0.2, 0) is 9.53 Å². The van der Waals surface area contributed by atoms with E-state index in [0.29, 0.717) is 5.76 Å². The molecule has 1 heterocycles. The Bertz CT molecular complexity index is 582. The summed E-state index contributed by atoms with van der Waals surface area (Å²) < 4.78 is 6.80. The van der Waals surface area contributed by atoms with Crippen LogP contribution in [0.2, 0.25) is 0 Å². The van der Waals surface area contributed by atoms with E-state index in [2.05, 4.69) is 15.9 Å². The van der Waals surface area contributed by atoms with Crippen molar-refractivity contribution in [1.29, 1.82) is 0 Å². The van der Waals surface area contributed by atoms with E-state index in [0.717, 1.165) is 15.6 Å². The molecule has 1 atom stereocenters. The Kier molecular flexibility index (Phi) is 2.48. The van der Waals surface area contributed by atoms with Crippen LogP contribution in [0.5, 0.6) is 0 Å². The van der Waals surface area contributed by atoms with Crippen molar-refractivity contribution in [2.24, 2.45) is 0 Å². The van der Waals surface area contributed by atoms with Crippen molar-refractivity contribution in [2.75, 3.05) is 0 Å². The Morgan fingerprint density at radius 3 is 2.94 bits per heavy atom. The van der Waals surface area contributed by atoms with E-state index in [4.69, 9.17) is 4.74 Å². The summed E-state index contributed by atoms with van der Waals surface area (Å²) in [5, 5.41) is 0. The van der Waals surface area contributed by atoms with Gasteiger partial charge in [-0.15, -0.1) is 0 Å². The topological polar surface area (TPSA) is 26.3 Å². The third kappa shape index (κ3) is 1.98. The van der Waals surface area contributed by atoms with Gasteiger partial charge in [0.2, 0.25) is 0 Å². The monoisotopic (exact) mass is 288 g/mol. The summed E-state index contributed by atoms with van der Waals surface area (Å²) in [4.78, 5) is 11.2. The largest absolute Gasteiger partial charge is 0.481 e. The Hall–Kier alpha value is -1.61. The lowest BCUT2D eigenvalue weighted by Gasteiger charge is -2.21. The van der Waals surface area contributed by atoms with E-state index in [1.807, 2.05) is 36.4 Å². The van der Waals surface area contributed by atoms with E-state index in [-0.39, 0.29) is 11.9 Å². The zero-order valence-corrected chi connectivity index (χ0v) is 10.5. The number of ether oxygens (including phenoxy) is 1. The predicted octanol–water partition coefficient (Wildman–Crippen LogP) is 3.47. The van der Waals surface area contributed by atoms with Gasteiger partial charge in [-0.2, -0.15) is 0 Å². The van der Waals surface area contributed by atoms with Gasteiger partial charge in [0, 0.05) is 16.1 Å². The van der Waals surface area contributed by atoms with Crippen molar-refractivity contribution in [3.8, 4) is 0 Å². The highest BCUT2D eigenvalue weighted by Crippen LogP contribution is 2.34. The summed E-state index contributed by atoms with van der Waals surface area (Å²) in [6.45, 7) is 0. The van der Waals surface area contributed by atoms with Gasteiger partial charge in [-0.25, -0.2) is 0 Å². The van der Waals surface area contributed by atoms with Crippen LogP contribution in [0.1, 0.15) is 11.7 Å². The van der Waals surface area contributed by atoms with Crippen LogP contribution in [-0.4, -0.2) is 5.78 Å². The lowest BCUT2D eigenvalue weighted by Crippen LogP contribution is -2.06. The van der Waals surface area contributed by atoms with Gasteiger partial charge in [0.1, 0.15) is 11.9 Å². The molecule has 0 spiro atoms. The number of benzene rings is 1. The first-order valence-corrected chi connectivity index (χ1v) is 6.10. The number of hydrogen-bond donors (Lipinski definition) is 0. The summed E-state index contributed by atoms with van der Waals surface area (Å²) in [5.74, 6) is 0.664. The van der Waals surface area contributed by atoms with Gasteiger partial charge >= 0.3 is 0 Å². The minimum absolute atomic E-state index is 0.00505. The molecule has 1 aromatic carbocycles. The van der Waals surface area contributed by atoms with E-state index in [1.165, 1.54) is 6.08 Å². The number of carbonyl (C=O) groups excluding carboxylic acids is 1. The molecule has 0 N–H and O–H groups in total. The maximum Gasteiger partial charge on any atom is 0.183 e. The van der Waals surface area contributed by atoms with Gasteiger partial charge in [-0.05, 0) is 29.8 Å². The number of halogens is 1. The predicted molar refractivity (Wildman–Crippen MR) is 68.3 cm³/mol. The van der Waals surface area contributed by atoms with Crippen LogP contribution >= 0.6 is 15.9 Å². The third-order valence-electron chi connectivity index (χ3n) is 2.74. The highest BCUT2D eigenvalue weighted by atomic mass is 79.9. The van der Waals surface area contributed by atoms with E-state index in [9.17, 15) is 4.79 Å². The Morgan fingerprint density at radius 2 is 2.12 bits per heavy atom. The molecule has 2 nitrogen and oxygen atoms in total. The molecule has 3 rings (SSSR count). The second-order valence-electron chi connectivity index (χ2n) is 3.96. The fourth-order valence-electron chi connectivity index (χ4n) is 1.94. The number of hydrogen-bond acceptors (Lipinski definition) is 2. The minimum atomic E-state index is -0.123. The normalized spacial score (nSPS) is 21.7. The second-order valence-corrected chi connectivity index (χ2v) is 4.88. The SMILES string of the molecule is O=C1C=C2C=CC(c3cccc(Br)c3)OC2=C1. The molecule has 84 valence electrons. The molecule has 0 fully saturated rings. The van der Waals surface area contributed by atoms with Crippen molar-refractivity contribution in [3.63, 3.8) is 0 Å². The number of fused-ring (bicyclic) bond motifs is 1. The maximum atomic E-state index is 11.2.